The zero-order valence-electron chi connectivity index (χ0n) is 15.7. The van der Waals surface area contributed by atoms with Gasteiger partial charge in [0.2, 0.25) is 5.88 Å². The van der Waals surface area contributed by atoms with Crippen molar-refractivity contribution in [1.29, 1.82) is 0 Å². The van der Waals surface area contributed by atoms with E-state index in [0.29, 0.717) is 28.9 Å². The summed E-state index contributed by atoms with van der Waals surface area (Å²) >= 11 is 0. The van der Waals surface area contributed by atoms with Crippen LogP contribution in [0.5, 0.6) is 17.4 Å². The van der Waals surface area contributed by atoms with Crippen molar-refractivity contribution in [1.82, 2.24) is 15.0 Å². The third-order valence-electron chi connectivity index (χ3n) is 4.65. The molecule has 1 aliphatic heterocycles. The minimum Gasteiger partial charge on any atom is -0.493 e. The van der Waals surface area contributed by atoms with Crippen LogP contribution in [0.4, 0.5) is 17.3 Å². The fourth-order valence-corrected chi connectivity index (χ4v) is 3.20. The number of aromatic nitrogens is 3. The number of piperazine rings is 1. The molecule has 3 aromatic rings. The minimum atomic E-state index is 0.321. The third kappa shape index (κ3) is 3.62. The van der Waals surface area contributed by atoms with Gasteiger partial charge in [-0.05, 0) is 24.3 Å². The standard InChI is InChI=1S/C20H22N6O2/c1-27-15-6-2-3-7-16(15)28-20-18(21)19(23-14-24-20)26-12-10-25(11-13-26)17-8-4-5-9-22-17/h2-9,14H,10-13,21H2,1H3. The highest BCUT2D eigenvalue weighted by Crippen LogP contribution is 2.35. The second kappa shape index (κ2) is 7.99. The summed E-state index contributed by atoms with van der Waals surface area (Å²) in [5, 5.41) is 0. The molecule has 2 N–H and O–H groups in total. The average Bonchev–Trinajstić information content (AvgIpc) is 2.76. The number of hydrogen-bond donors (Lipinski definition) is 1. The molecule has 28 heavy (non-hydrogen) atoms. The number of rotatable bonds is 5. The summed E-state index contributed by atoms with van der Waals surface area (Å²) in [4.78, 5) is 17.4. The first kappa shape index (κ1) is 17.8. The molecule has 1 saturated heterocycles. The second-order valence-corrected chi connectivity index (χ2v) is 6.33. The first-order chi connectivity index (χ1) is 13.8. The van der Waals surface area contributed by atoms with E-state index in [2.05, 4.69) is 24.8 Å². The van der Waals surface area contributed by atoms with Crippen LogP contribution in [0.3, 0.4) is 0 Å². The quantitative estimate of drug-likeness (QED) is 0.725. The number of ether oxygens (including phenoxy) is 2. The summed E-state index contributed by atoms with van der Waals surface area (Å²) in [7, 11) is 1.60. The van der Waals surface area contributed by atoms with Gasteiger partial charge in [-0.1, -0.05) is 18.2 Å². The molecule has 0 saturated carbocycles. The molecule has 8 heteroatoms. The monoisotopic (exact) mass is 378 g/mol. The Morgan fingerprint density at radius 3 is 2.29 bits per heavy atom. The summed E-state index contributed by atoms with van der Waals surface area (Å²) in [5.74, 6) is 3.16. The van der Waals surface area contributed by atoms with Crippen LogP contribution in [0.1, 0.15) is 0 Å². The molecule has 1 aromatic carbocycles. The SMILES string of the molecule is COc1ccccc1Oc1ncnc(N2CCN(c3ccccn3)CC2)c1N. The third-order valence-corrected chi connectivity index (χ3v) is 4.65. The summed E-state index contributed by atoms with van der Waals surface area (Å²) < 4.78 is 11.2. The van der Waals surface area contributed by atoms with Crippen molar-refractivity contribution >= 4 is 17.3 Å². The lowest BCUT2D eigenvalue weighted by molar-refractivity contribution is 0.374. The Hall–Kier alpha value is -3.55. The van der Waals surface area contributed by atoms with E-state index < -0.39 is 0 Å². The van der Waals surface area contributed by atoms with Gasteiger partial charge in [0.1, 0.15) is 17.8 Å². The van der Waals surface area contributed by atoms with Gasteiger partial charge in [0.15, 0.2) is 17.3 Å². The van der Waals surface area contributed by atoms with Crippen LogP contribution in [0.15, 0.2) is 55.0 Å². The van der Waals surface area contributed by atoms with E-state index in [9.17, 15) is 0 Å². The van der Waals surface area contributed by atoms with Gasteiger partial charge in [-0.15, -0.1) is 0 Å². The van der Waals surface area contributed by atoms with Gasteiger partial charge in [-0.2, -0.15) is 4.98 Å². The Kier molecular flexibility index (Phi) is 5.09. The van der Waals surface area contributed by atoms with E-state index in [4.69, 9.17) is 15.2 Å². The first-order valence-electron chi connectivity index (χ1n) is 9.08. The van der Waals surface area contributed by atoms with E-state index in [1.807, 2.05) is 48.7 Å². The molecule has 8 nitrogen and oxygen atoms in total. The zero-order chi connectivity index (χ0) is 19.3. The predicted octanol–water partition coefficient (Wildman–Crippen LogP) is 2.58. The molecule has 0 radical (unpaired) electrons. The van der Waals surface area contributed by atoms with Gasteiger partial charge in [-0.25, -0.2) is 9.97 Å². The fraction of sp³-hybridized carbons (Fsp3) is 0.250. The van der Waals surface area contributed by atoms with Crippen LogP contribution in [-0.2, 0) is 0 Å². The van der Waals surface area contributed by atoms with Crippen molar-refractivity contribution in [2.75, 3.05) is 48.8 Å². The number of pyridine rings is 1. The van der Waals surface area contributed by atoms with E-state index in [1.165, 1.54) is 6.33 Å². The predicted molar refractivity (Wildman–Crippen MR) is 108 cm³/mol. The highest BCUT2D eigenvalue weighted by atomic mass is 16.5. The molecular weight excluding hydrogens is 356 g/mol. The summed E-state index contributed by atoms with van der Waals surface area (Å²) in [6.07, 6.45) is 3.28. The molecule has 0 spiro atoms. The van der Waals surface area contributed by atoms with E-state index >= 15 is 0 Å². The zero-order valence-corrected chi connectivity index (χ0v) is 15.7. The molecule has 4 rings (SSSR count). The molecular formula is C20H22N6O2. The van der Waals surface area contributed by atoms with Crippen molar-refractivity contribution < 1.29 is 9.47 Å². The number of para-hydroxylation sites is 2. The first-order valence-corrected chi connectivity index (χ1v) is 9.08. The van der Waals surface area contributed by atoms with Crippen LogP contribution >= 0.6 is 0 Å². The molecule has 1 fully saturated rings. The van der Waals surface area contributed by atoms with Crippen LogP contribution < -0.4 is 25.0 Å². The highest BCUT2D eigenvalue weighted by molar-refractivity contribution is 5.69. The summed E-state index contributed by atoms with van der Waals surface area (Å²) in [6, 6.07) is 13.3. The Labute approximate surface area is 163 Å². The number of nitrogens with zero attached hydrogens (tertiary/aromatic N) is 5. The molecule has 0 aliphatic carbocycles. The molecule has 3 heterocycles. The largest absolute Gasteiger partial charge is 0.493 e. The maximum Gasteiger partial charge on any atom is 0.248 e. The molecule has 0 atom stereocenters. The van der Waals surface area contributed by atoms with Crippen molar-refractivity contribution in [2.24, 2.45) is 0 Å². The van der Waals surface area contributed by atoms with Crippen LogP contribution in [-0.4, -0.2) is 48.2 Å². The molecule has 1 aliphatic rings. The topological polar surface area (TPSA) is 89.6 Å². The van der Waals surface area contributed by atoms with Gasteiger partial charge in [0.25, 0.3) is 0 Å². The lowest BCUT2D eigenvalue weighted by atomic mass is 10.3. The number of anilines is 3. The Balaban J connectivity index is 1.50. The highest BCUT2D eigenvalue weighted by Gasteiger charge is 2.22. The minimum absolute atomic E-state index is 0.321. The Bertz CT molecular complexity index is 929. The van der Waals surface area contributed by atoms with Crippen molar-refractivity contribution in [2.45, 2.75) is 0 Å². The normalized spacial score (nSPS) is 14.0. The average molecular weight is 378 g/mol. The maximum absolute atomic E-state index is 6.34. The number of methoxy groups -OCH3 is 1. The molecule has 2 aromatic heterocycles. The van der Waals surface area contributed by atoms with E-state index in [1.54, 1.807) is 7.11 Å². The van der Waals surface area contributed by atoms with E-state index in [0.717, 1.165) is 32.0 Å². The Morgan fingerprint density at radius 1 is 0.857 bits per heavy atom. The molecule has 0 bridgehead atoms. The smallest absolute Gasteiger partial charge is 0.248 e. The summed E-state index contributed by atoms with van der Waals surface area (Å²) in [5.41, 5.74) is 6.76. The maximum atomic E-state index is 6.34. The number of hydrogen-bond acceptors (Lipinski definition) is 8. The van der Waals surface area contributed by atoms with Gasteiger partial charge < -0.3 is 25.0 Å². The number of nitrogens with two attached hydrogens (primary N) is 1. The van der Waals surface area contributed by atoms with Gasteiger partial charge in [-0.3, -0.25) is 0 Å². The van der Waals surface area contributed by atoms with Crippen LogP contribution in [0.25, 0.3) is 0 Å². The van der Waals surface area contributed by atoms with E-state index in [-0.39, 0.29) is 0 Å². The second-order valence-electron chi connectivity index (χ2n) is 6.33. The lowest BCUT2D eigenvalue weighted by Crippen LogP contribution is -2.47. The Morgan fingerprint density at radius 2 is 1.57 bits per heavy atom. The van der Waals surface area contributed by atoms with Crippen LogP contribution in [0, 0.1) is 0 Å². The molecule has 0 amide bonds. The molecule has 144 valence electrons. The lowest BCUT2D eigenvalue weighted by Gasteiger charge is -2.36. The van der Waals surface area contributed by atoms with Crippen LogP contribution in [0.2, 0.25) is 0 Å². The van der Waals surface area contributed by atoms with Crippen molar-refractivity contribution in [3.05, 3.63) is 55.0 Å². The number of benzene rings is 1. The van der Waals surface area contributed by atoms with Crippen molar-refractivity contribution in [3.63, 3.8) is 0 Å². The number of nitrogen functional groups attached to an aromatic ring is 1. The fourth-order valence-electron chi connectivity index (χ4n) is 3.20. The van der Waals surface area contributed by atoms with Gasteiger partial charge in [0, 0.05) is 32.4 Å². The van der Waals surface area contributed by atoms with Crippen molar-refractivity contribution in [3.8, 4) is 17.4 Å². The molecule has 0 unspecified atom stereocenters. The summed E-state index contributed by atoms with van der Waals surface area (Å²) in [6.45, 7) is 3.24. The van der Waals surface area contributed by atoms with Gasteiger partial charge in [0.05, 0.1) is 7.11 Å². The van der Waals surface area contributed by atoms with Gasteiger partial charge >= 0.3 is 0 Å².